The molecular formula is C33H28FN11O. The second kappa shape index (κ2) is 12.2. The maximum absolute atomic E-state index is 13.5. The zero-order chi connectivity index (χ0) is 31.6. The molecule has 46 heavy (non-hydrogen) atoms. The van der Waals surface area contributed by atoms with Gasteiger partial charge in [-0.15, -0.1) is 0 Å². The monoisotopic (exact) mass is 613 g/mol. The number of fused-ring (bicyclic) bond motifs is 1. The molecule has 7 rings (SSSR count). The van der Waals surface area contributed by atoms with E-state index in [9.17, 15) is 9.18 Å². The average Bonchev–Trinajstić information content (AvgIpc) is 3.45. The summed E-state index contributed by atoms with van der Waals surface area (Å²) in [4.78, 5) is 39.1. The Morgan fingerprint density at radius 2 is 1.76 bits per heavy atom. The minimum absolute atomic E-state index is 0.157. The number of aromatic nitrogens is 7. The number of hydrogen-bond acceptors (Lipinski definition) is 10. The lowest BCUT2D eigenvalue weighted by Crippen LogP contribution is -2.38. The lowest BCUT2D eigenvalue weighted by atomic mass is 10.0. The fourth-order valence-corrected chi connectivity index (χ4v) is 5.68. The topological polar surface area (TPSA) is 167 Å². The van der Waals surface area contributed by atoms with Gasteiger partial charge in [0.1, 0.15) is 29.0 Å². The molecule has 6 heterocycles. The van der Waals surface area contributed by atoms with Crippen molar-refractivity contribution in [3.05, 3.63) is 107 Å². The Morgan fingerprint density at radius 1 is 0.957 bits per heavy atom. The van der Waals surface area contributed by atoms with E-state index >= 15 is 0 Å². The summed E-state index contributed by atoms with van der Waals surface area (Å²) in [6.45, 7) is 2.63. The molecule has 0 atom stereocenters. The fourth-order valence-electron chi connectivity index (χ4n) is 5.68. The highest BCUT2D eigenvalue weighted by atomic mass is 19.1. The number of nitrogen functional groups attached to an aromatic ring is 1. The molecule has 0 bridgehead atoms. The molecule has 0 unspecified atom stereocenters. The summed E-state index contributed by atoms with van der Waals surface area (Å²) in [6.07, 6.45) is 4.65. The minimum atomic E-state index is -0.427. The van der Waals surface area contributed by atoms with Gasteiger partial charge in [-0.2, -0.15) is 5.26 Å². The first-order valence-electron chi connectivity index (χ1n) is 14.8. The van der Waals surface area contributed by atoms with Gasteiger partial charge in [0, 0.05) is 43.6 Å². The van der Waals surface area contributed by atoms with Gasteiger partial charge in [-0.1, -0.05) is 12.1 Å². The molecule has 13 heteroatoms. The van der Waals surface area contributed by atoms with Crippen molar-refractivity contribution in [3.63, 3.8) is 0 Å². The van der Waals surface area contributed by atoms with Crippen LogP contribution in [0.5, 0.6) is 0 Å². The second-order valence-electron chi connectivity index (χ2n) is 11.1. The number of H-pyrrole nitrogens is 1. The van der Waals surface area contributed by atoms with E-state index in [0.29, 0.717) is 39.8 Å². The van der Waals surface area contributed by atoms with Crippen LogP contribution >= 0.6 is 0 Å². The smallest absolute Gasteiger partial charge is 0.249 e. The highest BCUT2D eigenvalue weighted by Gasteiger charge is 2.21. The summed E-state index contributed by atoms with van der Waals surface area (Å²) < 4.78 is 15.4. The number of rotatable bonds is 7. The number of nitrogens with zero attached hydrogens (tertiary/aromatic N) is 8. The fraction of sp³-hybridized carbons (Fsp3) is 0.182. The number of nitriles is 1. The Morgan fingerprint density at radius 3 is 2.50 bits per heavy atom. The van der Waals surface area contributed by atoms with Crippen molar-refractivity contribution in [1.29, 1.82) is 5.26 Å². The van der Waals surface area contributed by atoms with E-state index in [2.05, 4.69) is 42.3 Å². The number of nitrogens with one attached hydrogen (secondary N) is 2. The normalized spacial score (nSPS) is 13.9. The lowest BCUT2D eigenvalue weighted by molar-refractivity contribution is 0.211. The van der Waals surface area contributed by atoms with E-state index in [0.717, 1.165) is 49.9 Å². The lowest BCUT2D eigenvalue weighted by Gasteiger charge is -2.32. The number of halogens is 1. The van der Waals surface area contributed by atoms with Crippen LogP contribution in [0.2, 0.25) is 0 Å². The largest absolute Gasteiger partial charge is 0.385 e. The van der Waals surface area contributed by atoms with Crippen LogP contribution < -0.4 is 16.6 Å². The van der Waals surface area contributed by atoms with Crippen LogP contribution in [0.25, 0.3) is 39.6 Å². The molecule has 1 aliphatic heterocycles. The zero-order valence-electron chi connectivity index (χ0n) is 24.6. The van der Waals surface area contributed by atoms with Gasteiger partial charge in [0.25, 0.3) is 0 Å². The number of pyridine rings is 3. The van der Waals surface area contributed by atoms with E-state index in [4.69, 9.17) is 21.0 Å². The first-order chi connectivity index (χ1) is 22.4. The number of aromatic amines is 1. The van der Waals surface area contributed by atoms with Crippen molar-refractivity contribution < 1.29 is 4.39 Å². The molecular weight excluding hydrogens is 585 g/mol. The molecule has 0 radical (unpaired) electrons. The van der Waals surface area contributed by atoms with E-state index in [-0.39, 0.29) is 23.2 Å². The van der Waals surface area contributed by atoms with Gasteiger partial charge in [-0.05, 0) is 66.9 Å². The van der Waals surface area contributed by atoms with Crippen LogP contribution in [0.3, 0.4) is 0 Å². The number of nitrogens with two attached hydrogens (primary N) is 1. The molecule has 4 N–H and O–H groups in total. The van der Waals surface area contributed by atoms with Gasteiger partial charge in [0.2, 0.25) is 11.4 Å². The van der Waals surface area contributed by atoms with Crippen molar-refractivity contribution in [2.45, 2.75) is 25.4 Å². The SMILES string of the molecule is N#Cc1nccc(NC2CCN(Cc3ccc(-n4c(-c5ccc(=O)[nH]c5N)nc5ccc(-c6ccc(F)cn6)nc54)cc3)CC2)n1. The number of benzene rings is 1. The summed E-state index contributed by atoms with van der Waals surface area (Å²) in [7, 11) is 0. The Hall–Kier alpha value is -6.00. The minimum Gasteiger partial charge on any atom is -0.385 e. The first-order valence-corrected chi connectivity index (χ1v) is 14.8. The maximum Gasteiger partial charge on any atom is 0.249 e. The number of likely N-dealkylation sites (tertiary alicyclic amines) is 1. The standard InChI is InChI=1S/C33H28FN11O/c34-21-3-7-25(38-18-21)26-8-9-27-33(40-26)45(32(41-27)24-6-10-30(46)43-31(24)36)23-4-1-20(2-5-23)19-44-15-12-22(13-16-44)39-28-11-14-37-29(17-35)42-28/h1-11,14,18,22H,12-13,15-16,19H2,(H3,36,43,46)(H,37,39,42). The molecule has 228 valence electrons. The highest BCUT2D eigenvalue weighted by molar-refractivity contribution is 5.84. The Kier molecular flexibility index (Phi) is 7.61. The van der Waals surface area contributed by atoms with Crippen molar-refractivity contribution in [1.82, 2.24) is 39.4 Å². The third-order valence-electron chi connectivity index (χ3n) is 7.98. The Balaban J connectivity index is 1.14. The molecule has 12 nitrogen and oxygen atoms in total. The van der Waals surface area contributed by atoms with Crippen LogP contribution in [0.4, 0.5) is 16.0 Å². The molecule has 0 amide bonds. The van der Waals surface area contributed by atoms with Gasteiger partial charge in [-0.25, -0.2) is 24.3 Å². The Bertz CT molecular complexity index is 2130. The van der Waals surface area contributed by atoms with Crippen LogP contribution in [0, 0.1) is 17.1 Å². The summed E-state index contributed by atoms with van der Waals surface area (Å²) in [5.41, 5.74) is 10.8. The molecule has 1 aliphatic rings. The maximum atomic E-state index is 13.5. The molecule has 6 aromatic rings. The number of hydrogen-bond donors (Lipinski definition) is 3. The van der Waals surface area contributed by atoms with Crippen LogP contribution in [0.15, 0.2) is 83.9 Å². The summed E-state index contributed by atoms with van der Waals surface area (Å²) in [5, 5.41) is 12.5. The molecule has 1 aromatic carbocycles. The van der Waals surface area contributed by atoms with Crippen molar-refractivity contribution in [3.8, 4) is 34.5 Å². The van der Waals surface area contributed by atoms with Gasteiger partial charge in [0.05, 0.1) is 23.1 Å². The second-order valence-corrected chi connectivity index (χ2v) is 11.1. The van der Waals surface area contributed by atoms with Crippen LogP contribution in [-0.4, -0.2) is 58.5 Å². The molecule has 5 aromatic heterocycles. The van der Waals surface area contributed by atoms with Gasteiger partial charge >= 0.3 is 0 Å². The van der Waals surface area contributed by atoms with Gasteiger partial charge in [0.15, 0.2) is 11.5 Å². The Labute approximate surface area is 262 Å². The molecule has 1 fully saturated rings. The number of anilines is 2. The third kappa shape index (κ3) is 5.89. The number of piperidine rings is 1. The molecule has 1 saturated heterocycles. The average molecular weight is 614 g/mol. The van der Waals surface area contributed by atoms with Crippen molar-refractivity contribution in [2.75, 3.05) is 24.1 Å². The van der Waals surface area contributed by atoms with Crippen molar-refractivity contribution >= 4 is 22.8 Å². The van der Waals surface area contributed by atoms with Gasteiger partial charge < -0.3 is 16.0 Å². The van der Waals surface area contributed by atoms with Crippen molar-refractivity contribution in [2.24, 2.45) is 0 Å². The van der Waals surface area contributed by atoms with Crippen LogP contribution in [-0.2, 0) is 6.54 Å². The summed E-state index contributed by atoms with van der Waals surface area (Å²) in [5.74, 6) is 1.12. The number of imidazole rings is 1. The predicted octanol–water partition coefficient (Wildman–Crippen LogP) is 4.30. The first kappa shape index (κ1) is 28.8. The van der Waals surface area contributed by atoms with E-state index in [1.165, 1.54) is 12.1 Å². The van der Waals surface area contributed by atoms with E-state index in [1.54, 1.807) is 30.5 Å². The third-order valence-corrected chi connectivity index (χ3v) is 7.98. The summed E-state index contributed by atoms with van der Waals surface area (Å²) >= 11 is 0. The highest BCUT2D eigenvalue weighted by Crippen LogP contribution is 2.31. The zero-order valence-corrected chi connectivity index (χ0v) is 24.6. The molecule has 0 spiro atoms. The summed E-state index contributed by atoms with van der Waals surface area (Å²) in [6, 6.07) is 21.9. The van der Waals surface area contributed by atoms with E-state index < -0.39 is 5.82 Å². The van der Waals surface area contributed by atoms with E-state index in [1.807, 2.05) is 28.8 Å². The molecule has 0 saturated carbocycles. The molecule has 0 aliphatic carbocycles. The van der Waals surface area contributed by atoms with Crippen LogP contribution in [0.1, 0.15) is 24.2 Å². The van der Waals surface area contributed by atoms with Gasteiger partial charge in [-0.3, -0.25) is 19.2 Å². The predicted molar refractivity (Wildman–Crippen MR) is 171 cm³/mol. The quantitative estimate of drug-likeness (QED) is 0.236.